The van der Waals surface area contributed by atoms with E-state index in [0.29, 0.717) is 17.5 Å². The molecule has 0 aliphatic carbocycles. The molecule has 176 valence electrons. The lowest BCUT2D eigenvalue weighted by molar-refractivity contribution is -0.118. The maximum absolute atomic E-state index is 12.3. The Morgan fingerprint density at radius 2 is 1.55 bits per heavy atom. The lowest BCUT2D eigenvalue weighted by atomic mass is 9.72. The fourth-order valence-corrected chi connectivity index (χ4v) is 4.82. The SMILES string of the molecule is CCOc1ccc(-c2csc(NC(=O)COc3ccc(C(C)(C)CC(C)(C)C)cc3)n2)cc1. The first kappa shape index (κ1) is 24.8. The summed E-state index contributed by atoms with van der Waals surface area (Å²) in [7, 11) is 0. The summed E-state index contributed by atoms with van der Waals surface area (Å²) in [5.41, 5.74) is 3.37. The van der Waals surface area contributed by atoms with Crippen LogP contribution in [0.2, 0.25) is 0 Å². The van der Waals surface area contributed by atoms with Gasteiger partial charge in [-0.1, -0.05) is 46.8 Å². The maximum Gasteiger partial charge on any atom is 0.264 e. The molecule has 0 saturated heterocycles. The van der Waals surface area contributed by atoms with E-state index >= 15 is 0 Å². The molecule has 3 aromatic rings. The topological polar surface area (TPSA) is 60.5 Å². The van der Waals surface area contributed by atoms with Gasteiger partial charge >= 0.3 is 0 Å². The van der Waals surface area contributed by atoms with Gasteiger partial charge in [-0.25, -0.2) is 4.98 Å². The third kappa shape index (κ3) is 7.32. The molecule has 0 aliphatic rings. The van der Waals surface area contributed by atoms with Gasteiger partial charge in [0.1, 0.15) is 11.5 Å². The Bertz CT molecular complexity index is 1050. The number of amides is 1. The number of anilines is 1. The van der Waals surface area contributed by atoms with Crippen LogP contribution in [-0.2, 0) is 10.2 Å². The second kappa shape index (κ2) is 10.4. The zero-order chi connectivity index (χ0) is 24.1. The monoisotopic (exact) mass is 466 g/mol. The van der Waals surface area contributed by atoms with E-state index in [4.69, 9.17) is 9.47 Å². The van der Waals surface area contributed by atoms with Crippen molar-refractivity contribution >= 4 is 22.4 Å². The highest BCUT2D eigenvalue weighted by atomic mass is 32.1. The highest BCUT2D eigenvalue weighted by Gasteiger charge is 2.27. The summed E-state index contributed by atoms with van der Waals surface area (Å²) < 4.78 is 11.2. The molecule has 0 aliphatic heterocycles. The summed E-state index contributed by atoms with van der Waals surface area (Å²) in [5, 5.41) is 5.28. The first-order chi connectivity index (χ1) is 15.6. The first-order valence-electron chi connectivity index (χ1n) is 11.3. The normalized spacial score (nSPS) is 11.8. The second-order valence-electron chi connectivity index (χ2n) is 9.98. The minimum atomic E-state index is -0.236. The summed E-state index contributed by atoms with van der Waals surface area (Å²) in [6.07, 6.45) is 1.08. The van der Waals surface area contributed by atoms with Crippen LogP contribution in [0.4, 0.5) is 5.13 Å². The molecule has 1 heterocycles. The molecule has 3 rings (SSSR count). The highest BCUT2D eigenvalue weighted by molar-refractivity contribution is 7.14. The van der Waals surface area contributed by atoms with E-state index in [2.05, 4.69) is 57.1 Å². The molecular formula is C27H34N2O3S. The van der Waals surface area contributed by atoms with Crippen molar-refractivity contribution in [2.45, 2.75) is 53.4 Å². The number of nitrogens with zero attached hydrogens (tertiary/aromatic N) is 1. The van der Waals surface area contributed by atoms with Crippen molar-refractivity contribution in [2.75, 3.05) is 18.5 Å². The van der Waals surface area contributed by atoms with Crippen LogP contribution >= 0.6 is 11.3 Å². The molecule has 1 N–H and O–H groups in total. The number of hydrogen-bond acceptors (Lipinski definition) is 5. The number of ether oxygens (including phenoxy) is 2. The van der Waals surface area contributed by atoms with Gasteiger partial charge in [-0.05, 0) is 66.1 Å². The number of benzene rings is 2. The molecule has 0 unspecified atom stereocenters. The van der Waals surface area contributed by atoms with Crippen molar-refractivity contribution in [3.63, 3.8) is 0 Å². The maximum atomic E-state index is 12.3. The van der Waals surface area contributed by atoms with Crippen LogP contribution < -0.4 is 14.8 Å². The standard InChI is InChI=1S/C27H34N2O3S/c1-7-31-21-12-8-19(9-13-21)23-17-33-25(28-23)29-24(30)16-32-22-14-10-20(11-15-22)27(5,6)18-26(2,3)4/h8-15,17H,7,16,18H2,1-6H3,(H,28,29,30). The second-order valence-corrected chi connectivity index (χ2v) is 10.8. The van der Waals surface area contributed by atoms with Gasteiger partial charge in [0.2, 0.25) is 0 Å². The third-order valence-corrected chi connectivity index (χ3v) is 5.95. The number of thiazole rings is 1. The van der Waals surface area contributed by atoms with Gasteiger partial charge in [0.15, 0.2) is 11.7 Å². The highest BCUT2D eigenvalue weighted by Crippen LogP contribution is 2.36. The van der Waals surface area contributed by atoms with Crippen molar-refractivity contribution in [3.8, 4) is 22.8 Å². The lowest BCUT2D eigenvalue weighted by Crippen LogP contribution is -2.24. The van der Waals surface area contributed by atoms with Gasteiger partial charge in [-0.2, -0.15) is 0 Å². The molecule has 0 fully saturated rings. The summed E-state index contributed by atoms with van der Waals surface area (Å²) in [5.74, 6) is 1.27. The number of aromatic nitrogens is 1. The van der Waals surface area contributed by atoms with Gasteiger partial charge in [0, 0.05) is 10.9 Å². The fraction of sp³-hybridized carbons (Fsp3) is 0.407. The van der Waals surface area contributed by atoms with E-state index < -0.39 is 0 Å². The van der Waals surface area contributed by atoms with Crippen molar-refractivity contribution < 1.29 is 14.3 Å². The van der Waals surface area contributed by atoms with E-state index in [-0.39, 0.29) is 23.3 Å². The average molecular weight is 467 g/mol. The molecular weight excluding hydrogens is 432 g/mol. The van der Waals surface area contributed by atoms with Crippen molar-refractivity contribution in [3.05, 3.63) is 59.5 Å². The number of nitrogens with one attached hydrogen (secondary N) is 1. The average Bonchev–Trinajstić information content (AvgIpc) is 3.20. The van der Waals surface area contributed by atoms with Crippen LogP contribution in [0, 0.1) is 5.41 Å². The van der Waals surface area contributed by atoms with E-state index in [1.165, 1.54) is 16.9 Å². The van der Waals surface area contributed by atoms with Crippen LogP contribution in [0.1, 0.15) is 53.5 Å². The summed E-state index contributed by atoms with van der Waals surface area (Å²) in [6, 6.07) is 15.8. The quantitative estimate of drug-likeness (QED) is 0.371. The van der Waals surface area contributed by atoms with Crippen molar-refractivity contribution in [1.82, 2.24) is 4.98 Å². The van der Waals surface area contributed by atoms with Crippen molar-refractivity contribution in [1.29, 1.82) is 0 Å². The molecule has 2 aromatic carbocycles. The Morgan fingerprint density at radius 3 is 2.15 bits per heavy atom. The largest absolute Gasteiger partial charge is 0.494 e. The molecule has 0 bridgehead atoms. The Morgan fingerprint density at radius 1 is 0.939 bits per heavy atom. The van der Waals surface area contributed by atoms with Gasteiger partial charge in [-0.15, -0.1) is 11.3 Å². The van der Waals surface area contributed by atoms with E-state index in [1.54, 1.807) is 0 Å². The Labute approximate surface area is 201 Å². The van der Waals surface area contributed by atoms with Gasteiger partial charge in [0.25, 0.3) is 5.91 Å². The molecule has 33 heavy (non-hydrogen) atoms. The van der Waals surface area contributed by atoms with E-state index in [1.807, 2.05) is 48.7 Å². The molecule has 1 amide bonds. The van der Waals surface area contributed by atoms with E-state index in [9.17, 15) is 4.79 Å². The number of rotatable bonds is 9. The third-order valence-electron chi connectivity index (χ3n) is 5.19. The molecule has 0 radical (unpaired) electrons. The van der Waals surface area contributed by atoms with Crippen molar-refractivity contribution in [2.24, 2.45) is 5.41 Å². The molecule has 0 atom stereocenters. The first-order valence-corrected chi connectivity index (χ1v) is 12.2. The van der Waals surface area contributed by atoms with Crippen LogP contribution in [-0.4, -0.2) is 24.1 Å². The Hall–Kier alpha value is -2.86. The van der Waals surface area contributed by atoms with E-state index in [0.717, 1.165) is 23.4 Å². The van der Waals surface area contributed by atoms with Gasteiger partial charge in [0.05, 0.1) is 12.3 Å². The van der Waals surface area contributed by atoms with Crippen LogP contribution in [0.5, 0.6) is 11.5 Å². The minimum Gasteiger partial charge on any atom is -0.494 e. The molecule has 6 heteroatoms. The fourth-order valence-electron chi connectivity index (χ4n) is 4.09. The molecule has 0 spiro atoms. The van der Waals surface area contributed by atoms with Gasteiger partial charge in [-0.3, -0.25) is 10.1 Å². The van der Waals surface area contributed by atoms with Crippen LogP contribution in [0.3, 0.4) is 0 Å². The Balaban J connectivity index is 1.52. The number of carbonyl (C=O) groups is 1. The predicted octanol–water partition coefficient (Wildman–Crippen LogP) is 6.94. The molecule has 1 aromatic heterocycles. The smallest absolute Gasteiger partial charge is 0.264 e. The van der Waals surface area contributed by atoms with Crippen LogP contribution in [0.15, 0.2) is 53.9 Å². The summed E-state index contributed by atoms with van der Waals surface area (Å²) in [6.45, 7) is 13.8. The predicted molar refractivity (Wildman–Crippen MR) is 136 cm³/mol. The number of carbonyl (C=O) groups excluding carboxylic acids is 1. The minimum absolute atomic E-state index is 0.0668. The zero-order valence-electron chi connectivity index (χ0n) is 20.4. The Kier molecular flexibility index (Phi) is 7.80. The number of hydrogen-bond donors (Lipinski definition) is 1. The van der Waals surface area contributed by atoms with Gasteiger partial charge < -0.3 is 9.47 Å². The van der Waals surface area contributed by atoms with Crippen LogP contribution in [0.25, 0.3) is 11.3 Å². The lowest BCUT2D eigenvalue weighted by Gasteiger charge is -2.33. The molecule has 5 nitrogen and oxygen atoms in total. The zero-order valence-corrected chi connectivity index (χ0v) is 21.2. The summed E-state index contributed by atoms with van der Waals surface area (Å²) >= 11 is 1.39. The summed E-state index contributed by atoms with van der Waals surface area (Å²) in [4.78, 5) is 16.9. The molecule has 0 saturated carbocycles.